The van der Waals surface area contributed by atoms with E-state index in [-0.39, 0.29) is 12.0 Å². The van der Waals surface area contributed by atoms with Crippen molar-refractivity contribution in [1.82, 2.24) is 5.43 Å². The molecule has 0 aromatic heterocycles. The van der Waals surface area contributed by atoms with Gasteiger partial charge in [-0.2, -0.15) is 0 Å². The smallest absolute Gasteiger partial charge is 0.122 e. The lowest BCUT2D eigenvalue weighted by atomic mass is 10.0. The minimum absolute atomic E-state index is 0.179. The Morgan fingerprint density at radius 1 is 1.44 bits per heavy atom. The van der Waals surface area contributed by atoms with Crippen LogP contribution in [0.25, 0.3) is 0 Å². The van der Waals surface area contributed by atoms with Crippen LogP contribution in [0.15, 0.2) is 35.3 Å². The van der Waals surface area contributed by atoms with Crippen LogP contribution in [-0.2, 0) is 4.74 Å². The third-order valence-corrected chi connectivity index (χ3v) is 2.88. The maximum Gasteiger partial charge on any atom is 0.122 e. The molecule has 0 aliphatic carbocycles. The summed E-state index contributed by atoms with van der Waals surface area (Å²) < 4.78 is 5.51. The molecule has 3 N–H and O–H groups in total. The molecular weight excluding hydrogens is 202 g/mol. The maximum atomic E-state index is 5.53. The molecule has 0 saturated carbocycles. The van der Waals surface area contributed by atoms with Gasteiger partial charge < -0.3 is 10.2 Å². The van der Waals surface area contributed by atoms with E-state index in [9.17, 15) is 0 Å². The summed E-state index contributed by atoms with van der Waals surface area (Å²) in [7, 11) is 0. The quantitative estimate of drug-likeness (QED) is 0.344. The lowest BCUT2D eigenvalue weighted by Gasteiger charge is -2.16. The average molecular weight is 219 g/mol. The molecule has 1 fully saturated rings. The van der Waals surface area contributed by atoms with Crippen molar-refractivity contribution in [3.63, 3.8) is 0 Å². The van der Waals surface area contributed by atoms with Crippen LogP contribution in [-0.4, -0.2) is 18.5 Å². The summed E-state index contributed by atoms with van der Waals surface area (Å²) in [6.07, 6.45) is 1.15. The lowest BCUT2D eigenvalue weighted by Crippen LogP contribution is -2.38. The number of nitrogens with zero attached hydrogens (tertiary/aromatic N) is 1. The monoisotopic (exact) mass is 219 g/mol. The molecule has 2 unspecified atom stereocenters. The summed E-state index contributed by atoms with van der Waals surface area (Å²) in [4.78, 5) is 4.51. The van der Waals surface area contributed by atoms with Gasteiger partial charge in [-0.15, -0.1) is 0 Å². The molecule has 0 bridgehead atoms. The predicted octanol–water partition coefficient (Wildman–Crippen LogP) is 1.60. The fourth-order valence-electron chi connectivity index (χ4n) is 1.95. The first-order valence-electron chi connectivity index (χ1n) is 5.53. The van der Waals surface area contributed by atoms with E-state index in [4.69, 9.17) is 10.6 Å². The molecule has 1 aliphatic heterocycles. The number of aliphatic imine (C=N–C) groups is 1. The van der Waals surface area contributed by atoms with Gasteiger partial charge in [0.1, 0.15) is 5.84 Å². The second-order valence-corrected chi connectivity index (χ2v) is 3.95. The Morgan fingerprint density at radius 3 is 2.75 bits per heavy atom. The minimum atomic E-state index is 0.179. The Labute approximate surface area is 95.5 Å². The van der Waals surface area contributed by atoms with E-state index >= 15 is 0 Å². The van der Waals surface area contributed by atoms with Crippen molar-refractivity contribution in [2.45, 2.75) is 19.4 Å². The molecule has 4 nitrogen and oxygen atoms in total. The standard InChI is InChI=1S/C12H17N3O/c1-9-11(7-8-16-9)12(15-13)14-10-5-3-2-4-6-10/h2-6,9,11H,7-8,13H2,1H3,(H,14,15). The number of ether oxygens (including phenoxy) is 1. The molecule has 2 rings (SSSR count). The van der Waals surface area contributed by atoms with Crippen molar-refractivity contribution in [2.75, 3.05) is 6.61 Å². The van der Waals surface area contributed by atoms with Gasteiger partial charge in [0, 0.05) is 12.5 Å². The zero-order chi connectivity index (χ0) is 11.4. The van der Waals surface area contributed by atoms with Crippen LogP contribution in [0.4, 0.5) is 5.69 Å². The van der Waals surface area contributed by atoms with Gasteiger partial charge in [0.25, 0.3) is 0 Å². The summed E-state index contributed by atoms with van der Waals surface area (Å²) in [5, 5.41) is 0. The van der Waals surface area contributed by atoms with Crippen LogP contribution >= 0.6 is 0 Å². The number of hydrogen-bond donors (Lipinski definition) is 2. The second kappa shape index (κ2) is 5.09. The van der Waals surface area contributed by atoms with Gasteiger partial charge >= 0.3 is 0 Å². The molecular formula is C12H17N3O. The molecule has 4 heteroatoms. The molecule has 0 spiro atoms. The Balaban J connectivity index is 2.19. The van der Waals surface area contributed by atoms with Crippen molar-refractivity contribution < 1.29 is 4.74 Å². The Kier molecular flexibility index (Phi) is 3.54. The third kappa shape index (κ3) is 2.40. The largest absolute Gasteiger partial charge is 0.378 e. The fraction of sp³-hybridized carbons (Fsp3) is 0.417. The second-order valence-electron chi connectivity index (χ2n) is 3.95. The number of nitrogens with one attached hydrogen (secondary N) is 1. The Hall–Kier alpha value is -1.39. The van der Waals surface area contributed by atoms with E-state index in [1.165, 1.54) is 0 Å². The zero-order valence-electron chi connectivity index (χ0n) is 9.39. The highest BCUT2D eigenvalue weighted by atomic mass is 16.5. The number of hydrazine groups is 1. The van der Waals surface area contributed by atoms with Crippen LogP contribution in [0.2, 0.25) is 0 Å². The first-order chi connectivity index (χ1) is 7.81. The molecule has 16 heavy (non-hydrogen) atoms. The maximum absolute atomic E-state index is 5.53. The van der Waals surface area contributed by atoms with Crippen LogP contribution < -0.4 is 11.3 Å². The first kappa shape index (κ1) is 11.1. The number of benzene rings is 1. The van der Waals surface area contributed by atoms with Gasteiger partial charge in [0.05, 0.1) is 11.8 Å². The fourth-order valence-corrected chi connectivity index (χ4v) is 1.95. The number of hydrogen-bond acceptors (Lipinski definition) is 3. The summed E-state index contributed by atoms with van der Waals surface area (Å²) in [5.74, 6) is 6.60. The van der Waals surface area contributed by atoms with Gasteiger partial charge in [-0.05, 0) is 25.5 Å². The van der Waals surface area contributed by atoms with E-state index in [1.807, 2.05) is 30.3 Å². The zero-order valence-corrected chi connectivity index (χ0v) is 9.39. The van der Waals surface area contributed by atoms with Gasteiger partial charge in [0.2, 0.25) is 0 Å². The molecule has 1 saturated heterocycles. The predicted molar refractivity (Wildman–Crippen MR) is 64.4 cm³/mol. The number of rotatable bonds is 2. The summed E-state index contributed by atoms with van der Waals surface area (Å²) >= 11 is 0. The third-order valence-electron chi connectivity index (χ3n) is 2.88. The van der Waals surface area contributed by atoms with Crippen LogP contribution in [0, 0.1) is 5.92 Å². The van der Waals surface area contributed by atoms with Crippen LogP contribution in [0.5, 0.6) is 0 Å². The lowest BCUT2D eigenvalue weighted by molar-refractivity contribution is 0.116. The van der Waals surface area contributed by atoms with Gasteiger partial charge in [-0.3, -0.25) is 0 Å². The summed E-state index contributed by atoms with van der Waals surface area (Å²) in [6, 6.07) is 9.80. The molecule has 1 aromatic rings. The van der Waals surface area contributed by atoms with E-state index < -0.39 is 0 Å². The molecule has 2 atom stereocenters. The molecule has 1 heterocycles. The first-order valence-corrected chi connectivity index (χ1v) is 5.53. The van der Waals surface area contributed by atoms with Crippen molar-refractivity contribution in [2.24, 2.45) is 16.8 Å². The highest BCUT2D eigenvalue weighted by molar-refractivity contribution is 5.87. The summed E-state index contributed by atoms with van der Waals surface area (Å²) in [5.41, 5.74) is 3.60. The number of nitrogens with two attached hydrogens (primary N) is 1. The van der Waals surface area contributed by atoms with Gasteiger partial charge in [-0.1, -0.05) is 18.2 Å². The average Bonchev–Trinajstić information content (AvgIpc) is 2.74. The molecule has 0 amide bonds. The van der Waals surface area contributed by atoms with E-state index in [1.54, 1.807) is 0 Å². The Bertz CT molecular complexity index is 364. The SMILES string of the molecule is CC1OCCC1C(=Nc1ccccc1)NN. The van der Waals surface area contributed by atoms with Crippen molar-refractivity contribution >= 4 is 11.5 Å². The topological polar surface area (TPSA) is 59.6 Å². The molecule has 1 aliphatic rings. The van der Waals surface area contributed by atoms with Crippen molar-refractivity contribution in [3.05, 3.63) is 30.3 Å². The van der Waals surface area contributed by atoms with Crippen LogP contribution in [0.3, 0.4) is 0 Å². The minimum Gasteiger partial charge on any atom is -0.378 e. The number of para-hydroxylation sites is 1. The van der Waals surface area contributed by atoms with E-state index in [0.29, 0.717) is 0 Å². The van der Waals surface area contributed by atoms with E-state index in [0.717, 1.165) is 24.6 Å². The van der Waals surface area contributed by atoms with Crippen LogP contribution in [0.1, 0.15) is 13.3 Å². The number of amidine groups is 1. The highest BCUT2D eigenvalue weighted by Gasteiger charge is 2.28. The van der Waals surface area contributed by atoms with Gasteiger partial charge in [-0.25, -0.2) is 10.8 Å². The molecule has 1 aromatic carbocycles. The van der Waals surface area contributed by atoms with E-state index in [2.05, 4.69) is 17.3 Å². The normalized spacial score (nSPS) is 25.8. The van der Waals surface area contributed by atoms with Crippen molar-refractivity contribution in [1.29, 1.82) is 0 Å². The Morgan fingerprint density at radius 2 is 2.19 bits per heavy atom. The van der Waals surface area contributed by atoms with Gasteiger partial charge in [0.15, 0.2) is 0 Å². The van der Waals surface area contributed by atoms with Crippen molar-refractivity contribution in [3.8, 4) is 0 Å². The summed E-state index contributed by atoms with van der Waals surface area (Å²) in [6.45, 7) is 2.83. The molecule has 86 valence electrons. The molecule has 0 radical (unpaired) electrons. The highest BCUT2D eigenvalue weighted by Crippen LogP contribution is 2.23.